The maximum absolute atomic E-state index is 6.37. The van der Waals surface area contributed by atoms with Crippen molar-refractivity contribution in [2.45, 2.75) is 39.5 Å². The zero-order chi connectivity index (χ0) is 33.6. The third-order valence-corrected chi connectivity index (χ3v) is 10.1. The van der Waals surface area contributed by atoms with Crippen LogP contribution in [0.2, 0.25) is 0 Å². The molecule has 2 heterocycles. The predicted molar refractivity (Wildman–Crippen MR) is 209 cm³/mol. The van der Waals surface area contributed by atoms with Crippen molar-refractivity contribution in [3.05, 3.63) is 167 Å². The summed E-state index contributed by atoms with van der Waals surface area (Å²) >= 11 is 0. The van der Waals surface area contributed by atoms with E-state index in [1.165, 1.54) is 72.4 Å². The molecule has 50 heavy (non-hydrogen) atoms. The van der Waals surface area contributed by atoms with Crippen molar-refractivity contribution >= 4 is 33.7 Å². The number of oxazole rings is 1. The molecule has 0 spiro atoms. The highest BCUT2D eigenvalue weighted by Crippen LogP contribution is 2.43. The number of nitrogens with zero attached hydrogens (tertiary/aromatic N) is 2. The van der Waals surface area contributed by atoms with Crippen molar-refractivity contribution < 1.29 is 4.42 Å². The molecule has 0 fully saturated rings. The van der Waals surface area contributed by atoms with E-state index in [1.807, 2.05) is 0 Å². The van der Waals surface area contributed by atoms with Gasteiger partial charge >= 0.3 is 0 Å². The summed E-state index contributed by atoms with van der Waals surface area (Å²) in [6, 6.07) is 50.3. The van der Waals surface area contributed by atoms with Crippen LogP contribution in [0.1, 0.15) is 47.7 Å². The zero-order valence-electron chi connectivity index (χ0n) is 28.5. The van der Waals surface area contributed by atoms with Crippen LogP contribution in [0.25, 0.3) is 73.0 Å². The Morgan fingerprint density at radius 2 is 1.32 bits per heavy atom. The molecular formula is C47H38N2O. The van der Waals surface area contributed by atoms with E-state index < -0.39 is 0 Å². The molecule has 9 rings (SSSR count). The second kappa shape index (κ2) is 12.5. The third kappa shape index (κ3) is 5.18. The fourth-order valence-corrected chi connectivity index (χ4v) is 7.91. The van der Waals surface area contributed by atoms with E-state index in [4.69, 9.17) is 9.40 Å². The largest absolute Gasteiger partial charge is 0.436 e. The predicted octanol–water partition coefficient (Wildman–Crippen LogP) is 12.5. The molecule has 242 valence electrons. The molecule has 3 nitrogen and oxygen atoms in total. The van der Waals surface area contributed by atoms with Crippen LogP contribution in [-0.4, -0.2) is 9.55 Å². The highest BCUT2D eigenvalue weighted by Gasteiger charge is 2.23. The Labute approximate surface area is 293 Å². The first kappa shape index (κ1) is 30.2. The van der Waals surface area contributed by atoms with Gasteiger partial charge in [0.05, 0.1) is 5.52 Å². The number of fused-ring (bicyclic) bond motifs is 4. The summed E-state index contributed by atoms with van der Waals surface area (Å²) in [5, 5.41) is 1.30. The summed E-state index contributed by atoms with van der Waals surface area (Å²) in [5.74, 6) is 0.672. The van der Waals surface area contributed by atoms with Crippen molar-refractivity contribution in [1.82, 2.24) is 9.55 Å². The van der Waals surface area contributed by atoms with E-state index in [0.717, 1.165) is 42.3 Å². The normalized spacial score (nSPS) is 12.7. The number of rotatable bonds is 7. The average Bonchev–Trinajstić information content (AvgIpc) is 3.75. The highest BCUT2D eigenvalue weighted by atomic mass is 16.3. The number of allylic oxidation sites excluding steroid dienone is 1. The summed E-state index contributed by atoms with van der Waals surface area (Å²) in [6.45, 7) is 4.33. The van der Waals surface area contributed by atoms with Gasteiger partial charge in [-0.2, -0.15) is 0 Å². The van der Waals surface area contributed by atoms with Crippen LogP contribution in [-0.2, 0) is 12.8 Å². The minimum Gasteiger partial charge on any atom is -0.436 e. The van der Waals surface area contributed by atoms with Gasteiger partial charge in [-0.15, -0.1) is 0 Å². The van der Waals surface area contributed by atoms with Crippen LogP contribution in [0.4, 0.5) is 0 Å². The lowest BCUT2D eigenvalue weighted by atomic mass is 9.85. The van der Waals surface area contributed by atoms with Crippen molar-refractivity contribution in [2.75, 3.05) is 0 Å². The molecule has 0 N–H and O–H groups in total. The number of hydrogen-bond acceptors (Lipinski definition) is 2. The Kier molecular flexibility index (Phi) is 7.54. The highest BCUT2D eigenvalue weighted by molar-refractivity contribution is 6.01. The summed E-state index contributed by atoms with van der Waals surface area (Å²) in [4.78, 5) is 4.90. The van der Waals surface area contributed by atoms with Gasteiger partial charge in [0.2, 0.25) is 5.89 Å². The lowest BCUT2D eigenvalue weighted by Crippen LogP contribution is -2.05. The Morgan fingerprint density at radius 3 is 2.10 bits per heavy atom. The van der Waals surface area contributed by atoms with E-state index in [2.05, 4.69) is 164 Å². The number of para-hydroxylation sites is 2. The standard InChI is InChI=1S/C47H38N2O/c1-3-13-35-28-31(2)29-43-46(35)50-47(48-43)33-24-22-32(23-25-33)37-16-7-9-18-39(37)40-19-10-8-17-38(40)34-26-27-45-42(30-34)41-20-11-12-21-44(41)49(45)36-14-5-4-6-15-36/h4-12,14-25,28-30H,3,13,26-27H2,1-2H3. The van der Waals surface area contributed by atoms with Gasteiger partial charge in [0.25, 0.3) is 0 Å². The third-order valence-electron chi connectivity index (χ3n) is 10.1. The first-order valence-corrected chi connectivity index (χ1v) is 17.7. The molecule has 1 aliphatic carbocycles. The van der Waals surface area contributed by atoms with Crippen LogP contribution in [0.5, 0.6) is 0 Å². The minimum atomic E-state index is 0.672. The van der Waals surface area contributed by atoms with Gasteiger partial charge in [-0.25, -0.2) is 4.98 Å². The van der Waals surface area contributed by atoms with E-state index in [1.54, 1.807) is 0 Å². The van der Waals surface area contributed by atoms with Crippen molar-refractivity contribution in [3.63, 3.8) is 0 Å². The van der Waals surface area contributed by atoms with Gasteiger partial charge in [-0.1, -0.05) is 116 Å². The first-order valence-electron chi connectivity index (χ1n) is 17.7. The average molecular weight is 647 g/mol. The van der Waals surface area contributed by atoms with Gasteiger partial charge < -0.3 is 8.98 Å². The number of hydrogen-bond donors (Lipinski definition) is 0. The van der Waals surface area contributed by atoms with Crippen molar-refractivity contribution in [3.8, 4) is 39.4 Å². The van der Waals surface area contributed by atoms with Crippen LogP contribution in [0, 0.1) is 6.92 Å². The fourth-order valence-electron chi connectivity index (χ4n) is 7.91. The first-order chi connectivity index (χ1) is 24.7. The van der Waals surface area contributed by atoms with Gasteiger partial charge in [0, 0.05) is 27.9 Å². The Balaban J connectivity index is 1.10. The van der Waals surface area contributed by atoms with Crippen LogP contribution >= 0.6 is 0 Å². The number of aromatic nitrogens is 2. The van der Waals surface area contributed by atoms with Crippen molar-refractivity contribution in [1.29, 1.82) is 0 Å². The van der Waals surface area contributed by atoms with Gasteiger partial charge in [0.15, 0.2) is 5.58 Å². The molecule has 3 heteroatoms. The summed E-state index contributed by atoms with van der Waals surface area (Å²) < 4.78 is 8.83. The second-order valence-electron chi connectivity index (χ2n) is 13.4. The molecule has 0 saturated carbocycles. The monoisotopic (exact) mass is 646 g/mol. The summed E-state index contributed by atoms with van der Waals surface area (Å²) in [6.07, 6.45) is 6.47. The molecule has 0 aliphatic heterocycles. The molecule has 0 amide bonds. The second-order valence-corrected chi connectivity index (χ2v) is 13.4. The van der Waals surface area contributed by atoms with Crippen LogP contribution in [0.3, 0.4) is 0 Å². The van der Waals surface area contributed by atoms with E-state index in [-0.39, 0.29) is 0 Å². The summed E-state index contributed by atoms with van der Waals surface area (Å²) in [7, 11) is 0. The van der Waals surface area contributed by atoms with Gasteiger partial charge in [-0.05, 0) is 113 Å². The quantitative estimate of drug-likeness (QED) is 0.172. The van der Waals surface area contributed by atoms with Crippen molar-refractivity contribution in [2.24, 2.45) is 0 Å². The minimum absolute atomic E-state index is 0.672. The lowest BCUT2D eigenvalue weighted by Gasteiger charge is -2.21. The molecule has 0 bridgehead atoms. The summed E-state index contributed by atoms with van der Waals surface area (Å²) in [5.41, 5.74) is 18.0. The Hall–Kier alpha value is -5.93. The number of aryl methyl sites for hydroxylation is 2. The Bertz CT molecular complexity index is 2550. The molecule has 0 radical (unpaired) electrons. The molecule has 1 aliphatic rings. The topological polar surface area (TPSA) is 31.0 Å². The lowest BCUT2D eigenvalue weighted by molar-refractivity contribution is 0.614. The Morgan fingerprint density at radius 1 is 0.660 bits per heavy atom. The molecule has 6 aromatic carbocycles. The fraction of sp³-hybridized carbons (Fsp3) is 0.128. The molecular weight excluding hydrogens is 609 g/mol. The molecule has 0 unspecified atom stereocenters. The molecule has 8 aromatic rings. The molecule has 2 aromatic heterocycles. The number of benzene rings is 6. The maximum atomic E-state index is 6.37. The smallest absolute Gasteiger partial charge is 0.227 e. The van der Waals surface area contributed by atoms with E-state index in [9.17, 15) is 0 Å². The SMILES string of the molecule is CCCc1cc(C)cc2nc(-c3ccc(-c4ccccc4-c4ccccc4C4=Cc5c(n(-c6ccccc6)c6ccccc56)CC4)cc3)oc12. The van der Waals surface area contributed by atoms with Gasteiger partial charge in [-0.3, -0.25) is 0 Å². The van der Waals surface area contributed by atoms with Crippen LogP contribution in [0.15, 0.2) is 144 Å². The van der Waals surface area contributed by atoms with Gasteiger partial charge in [0.1, 0.15) is 5.52 Å². The zero-order valence-corrected chi connectivity index (χ0v) is 28.5. The maximum Gasteiger partial charge on any atom is 0.227 e. The van der Waals surface area contributed by atoms with E-state index >= 15 is 0 Å². The molecule has 0 saturated heterocycles. The molecule has 0 atom stereocenters. The van der Waals surface area contributed by atoms with Crippen LogP contribution < -0.4 is 0 Å². The van der Waals surface area contributed by atoms with E-state index in [0.29, 0.717) is 5.89 Å².